The zero-order valence-electron chi connectivity index (χ0n) is 16.6. The van der Waals surface area contributed by atoms with Crippen molar-refractivity contribution in [3.8, 4) is 5.00 Å². The van der Waals surface area contributed by atoms with Gasteiger partial charge in [-0.2, -0.15) is 0 Å². The normalized spacial score (nSPS) is 14.0. The highest BCUT2D eigenvalue weighted by Gasteiger charge is 2.23. The number of fused-ring (bicyclic) bond motifs is 1. The van der Waals surface area contributed by atoms with Gasteiger partial charge < -0.3 is 20.1 Å². The molecule has 0 bridgehead atoms. The lowest BCUT2D eigenvalue weighted by atomic mass is 10.0. The van der Waals surface area contributed by atoms with Crippen molar-refractivity contribution in [2.45, 2.75) is 33.4 Å². The maximum atomic E-state index is 12.6. The third-order valence-corrected chi connectivity index (χ3v) is 6.51. The van der Waals surface area contributed by atoms with Crippen LogP contribution in [0.5, 0.6) is 0 Å². The van der Waals surface area contributed by atoms with Gasteiger partial charge in [-0.15, -0.1) is 11.3 Å². The largest absolute Gasteiger partial charge is 0.334 e. The van der Waals surface area contributed by atoms with Crippen LogP contribution >= 0.6 is 11.3 Å². The van der Waals surface area contributed by atoms with Crippen LogP contribution < -0.4 is 10.6 Å². The highest BCUT2D eigenvalue weighted by Crippen LogP contribution is 2.35. The van der Waals surface area contributed by atoms with Gasteiger partial charge in [0.15, 0.2) is 0 Å². The van der Waals surface area contributed by atoms with Crippen molar-refractivity contribution in [2.75, 3.05) is 18.9 Å². The van der Waals surface area contributed by atoms with Crippen LogP contribution in [-0.4, -0.2) is 29.1 Å². The summed E-state index contributed by atoms with van der Waals surface area (Å²) in [6.07, 6.45) is 5.17. The van der Waals surface area contributed by atoms with E-state index in [2.05, 4.69) is 45.6 Å². The number of aryl methyl sites for hydroxylation is 2. The zero-order valence-corrected chi connectivity index (χ0v) is 17.4. The summed E-state index contributed by atoms with van der Waals surface area (Å²) >= 11 is 1.83. The second-order valence-electron chi connectivity index (χ2n) is 7.49. The van der Waals surface area contributed by atoms with Crippen molar-refractivity contribution in [1.82, 2.24) is 14.8 Å². The van der Waals surface area contributed by atoms with E-state index in [4.69, 9.17) is 0 Å². The molecule has 28 heavy (non-hydrogen) atoms. The molecule has 5 nitrogen and oxygen atoms in total. The predicted octanol–water partition coefficient (Wildman–Crippen LogP) is 4.47. The summed E-state index contributed by atoms with van der Waals surface area (Å²) in [5, 5.41) is 7.27. The van der Waals surface area contributed by atoms with E-state index in [1.165, 1.54) is 21.0 Å². The molecule has 0 unspecified atom stereocenters. The van der Waals surface area contributed by atoms with Crippen molar-refractivity contribution >= 4 is 23.1 Å². The van der Waals surface area contributed by atoms with Crippen molar-refractivity contribution < 1.29 is 4.79 Å². The van der Waals surface area contributed by atoms with E-state index in [0.29, 0.717) is 6.54 Å². The first kappa shape index (κ1) is 18.8. The van der Waals surface area contributed by atoms with Gasteiger partial charge >= 0.3 is 6.03 Å². The Bertz CT molecular complexity index is 990. The number of aromatic nitrogens is 1. The number of benzene rings is 1. The van der Waals surface area contributed by atoms with Gasteiger partial charge in [0.25, 0.3) is 0 Å². The molecule has 6 heteroatoms. The van der Waals surface area contributed by atoms with Crippen molar-refractivity contribution in [1.29, 1.82) is 0 Å². The molecular weight excluding hydrogens is 368 g/mol. The molecule has 0 atom stereocenters. The molecule has 146 valence electrons. The van der Waals surface area contributed by atoms with Gasteiger partial charge in [-0.05, 0) is 62.2 Å². The monoisotopic (exact) mass is 394 g/mol. The Morgan fingerprint density at radius 2 is 2.00 bits per heavy atom. The molecule has 2 amide bonds. The summed E-state index contributed by atoms with van der Waals surface area (Å²) in [4.78, 5) is 16.3. The van der Waals surface area contributed by atoms with Gasteiger partial charge in [-0.25, -0.2) is 4.79 Å². The van der Waals surface area contributed by atoms with E-state index in [1.54, 1.807) is 0 Å². The van der Waals surface area contributed by atoms with Gasteiger partial charge in [0.05, 0.1) is 0 Å². The van der Waals surface area contributed by atoms with Gasteiger partial charge in [0.2, 0.25) is 0 Å². The van der Waals surface area contributed by atoms with Crippen LogP contribution in [0.25, 0.3) is 5.00 Å². The number of hydrogen-bond acceptors (Lipinski definition) is 3. The fourth-order valence-corrected chi connectivity index (χ4v) is 5.06. The number of rotatable bonds is 4. The maximum absolute atomic E-state index is 12.6. The minimum Gasteiger partial charge on any atom is -0.334 e. The molecule has 1 aliphatic rings. The molecule has 0 saturated heterocycles. The molecule has 1 aliphatic heterocycles. The van der Waals surface area contributed by atoms with Crippen molar-refractivity contribution in [2.24, 2.45) is 0 Å². The number of carbonyl (C=O) groups excluding carboxylic acids is 1. The lowest BCUT2D eigenvalue weighted by Gasteiger charge is -2.22. The van der Waals surface area contributed by atoms with E-state index in [-0.39, 0.29) is 6.03 Å². The van der Waals surface area contributed by atoms with Gasteiger partial charge in [0, 0.05) is 48.2 Å². The van der Waals surface area contributed by atoms with Gasteiger partial charge in [-0.3, -0.25) is 0 Å². The molecule has 0 radical (unpaired) electrons. The van der Waals surface area contributed by atoms with E-state index < -0.39 is 0 Å². The topological polar surface area (TPSA) is 49.3 Å². The Kier molecular flexibility index (Phi) is 5.24. The minimum atomic E-state index is -0.167. The highest BCUT2D eigenvalue weighted by atomic mass is 32.1. The number of urea groups is 1. The third kappa shape index (κ3) is 3.84. The first-order chi connectivity index (χ1) is 13.5. The number of carbonyl (C=O) groups is 1. The van der Waals surface area contributed by atoms with E-state index in [0.717, 1.165) is 36.3 Å². The van der Waals surface area contributed by atoms with Gasteiger partial charge in [0.1, 0.15) is 5.00 Å². The molecule has 2 N–H and O–H groups in total. The number of likely N-dealkylation sites (N-methyl/N-ethyl adjacent to an activating group) is 1. The van der Waals surface area contributed by atoms with E-state index >= 15 is 0 Å². The van der Waals surface area contributed by atoms with Crippen LogP contribution in [0.15, 0.2) is 42.7 Å². The Morgan fingerprint density at radius 3 is 2.79 bits per heavy atom. The average molecular weight is 395 g/mol. The predicted molar refractivity (Wildman–Crippen MR) is 115 cm³/mol. The molecule has 1 aromatic carbocycles. The maximum Gasteiger partial charge on any atom is 0.319 e. The fourth-order valence-electron chi connectivity index (χ4n) is 3.65. The molecule has 0 saturated carbocycles. The van der Waals surface area contributed by atoms with E-state index in [1.807, 2.05) is 49.4 Å². The van der Waals surface area contributed by atoms with Crippen LogP contribution in [0, 0.1) is 13.8 Å². The third-order valence-electron chi connectivity index (χ3n) is 5.24. The quantitative estimate of drug-likeness (QED) is 0.686. The number of amides is 2. The SMILES string of the molecule is Cc1ccc(C)c(NC(=O)NCc2c(-n3cccc3)sc3c2CCN(C)C3)c1. The summed E-state index contributed by atoms with van der Waals surface area (Å²) in [5.74, 6) is 0. The minimum absolute atomic E-state index is 0.167. The van der Waals surface area contributed by atoms with Crippen LogP contribution in [-0.2, 0) is 19.5 Å². The van der Waals surface area contributed by atoms with Crippen molar-refractivity contribution in [3.05, 3.63) is 69.9 Å². The molecular formula is C22H26N4OS. The van der Waals surface area contributed by atoms with Crippen LogP contribution in [0.4, 0.5) is 10.5 Å². The first-order valence-corrected chi connectivity index (χ1v) is 10.4. The second-order valence-corrected chi connectivity index (χ2v) is 8.58. The Hall–Kier alpha value is -2.57. The number of hydrogen-bond donors (Lipinski definition) is 2. The molecule has 0 spiro atoms. The second kappa shape index (κ2) is 7.81. The molecule has 0 aliphatic carbocycles. The van der Waals surface area contributed by atoms with Crippen LogP contribution in [0.1, 0.15) is 27.1 Å². The summed E-state index contributed by atoms with van der Waals surface area (Å²) in [7, 11) is 2.16. The molecule has 0 fully saturated rings. The summed E-state index contributed by atoms with van der Waals surface area (Å²) in [5.41, 5.74) is 5.69. The first-order valence-electron chi connectivity index (χ1n) is 9.58. The summed E-state index contributed by atoms with van der Waals surface area (Å²) in [6.45, 7) is 6.59. The van der Waals surface area contributed by atoms with Crippen LogP contribution in [0.2, 0.25) is 0 Å². The molecule has 3 heterocycles. The summed E-state index contributed by atoms with van der Waals surface area (Å²) in [6, 6.07) is 9.99. The molecule has 2 aromatic heterocycles. The zero-order chi connectivity index (χ0) is 19.7. The standard InChI is InChI=1S/C22H26N4OS/c1-15-6-7-16(2)19(12-15)24-22(27)23-13-18-17-8-11-25(3)14-20(17)28-21(18)26-9-4-5-10-26/h4-7,9-10,12H,8,11,13-14H2,1-3H3,(H2,23,24,27). The number of nitrogens with one attached hydrogen (secondary N) is 2. The number of nitrogens with zero attached hydrogens (tertiary/aromatic N) is 2. The van der Waals surface area contributed by atoms with Crippen molar-refractivity contribution in [3.63, 3.8) is 0 Å². The van der Waals surface area contributed by atoms with E-state index in [9.17, 15) is 4.79 Å². The molecule has 3 aromatic rings. The number of anilines is 1. The van der Waals surface area contributed by atoms with Gasteiger partial charge in [-0.1, -0.05) is 12.1 Å². The lowest BCUT2D eigenvalue weighted by molar-refractivity contribution is 0.251. The smallest absolute Gasteiger partial charge is 0.319 e. The Balaban J connectivity index is 1.54. The lowest BCUT2D eigenvalue weighted by Crippen LogP contribution is -2.30. The Labute approximate surface area is 170 Å². The summed E-state index contributed by atoms with van der Waals surface area (Å²) < 4.78 is 2.16. The molecule has 4 rings (SSSR count). The van der Waals surface area contributed by atoms with Crippen LogP contribution in [0.3, 0.4) is 0 Å². The number of thiophene rings is 1. The Morgan fingerprint density at radius 1 is 1.21 bits per heavy atom. The highest BCUT2D eigenvalue weighted by molar-refractivity contribution is 7.14. The fraction of sp³-hybridized carbons (Fsp3) is 0.318. The average Bonchev–Trinajstić information content (AvgIpc) is 3.30.